The van der Waals surface area contributed by atoms with Gasteiger partial charge in [0.1, 0.15) is 46.0 Å². The van der Waals surface area contributed by atoms with Crippen molar-refractivity contribution in [3.63, 3.8) is 0 Å². The first-order valence-electron chi connectivity index (χ1n) is 22.4. The number of aliphatic hydroxyl groups excluding tert-OH is 2. The van der Waals surface area contributed by atoms with Crippen LogP contribution < -0.4 is 32.0 Å². The second-order valence-corrected chi connectivity index (χ2v) is 16.8. The fraction of sp³-hybridized carbons (Fsp3) is 0.306. The molecule has 0 aromatic carbocycles. The second-order valence-electron chi connectivity index (χ2n) is 16.8. The summed E-state index contributed by atoms with van der Waals surface area (Å²) in [7, 11) is 2.90. The summed E-state index contributed by atoms with van der Waals surface area (Å²) >= 11 is 0. The van der Waals surface area contributed by atoms with Gasteiger partial charge in [0.15, 0.2) is 5.75 Å². The zero-order valence-corrected chi connectivity index (χ0v) is 39.7. The van der Waals surface area contributed by atoms with Crippen molar-refractivity contribution in [1.82, 2.24) is 48.2 Å². The summed E-state index contributed by atoms with van der Waals surface area (Å²) in [5, 5.41) is 20.6. The van der Waals surface area contributed by atoms with Crippen LogP contribution in [0.1, 0.15) is 77.1 Å². The molecular formula is C49H46F6N10O8. The molecule has 0 bridgehead atoms. The van der Waals surface area contributed by atoms with Gasteiger partial charge in [0, 0.05) is 81.7 Å². The number of halogens is 6. The number of fused-ring (bicyclic) bond motifs is 2. The number of hydrogen-bond acceptors (Lipinski definition) is 14. The number of hydrogen-bond donors (Lipinski definition) is 2. The highest BCUT2D eigenvalue weighted by atomic mass is 19.4. The Labute approximate surface area is 409 Å². The van der Waals surface area contributed by atoms with Gasteiger partial charge in [0.25, 0.3) is 11.1 Å². The number of pyridine rings is 6. The highest BCUT2D eigenvalue weighted by molar-refractivity contribution is 5.82. The Morgan fingerprint density at radius 1 is 0.630 bits per heavy atom. The van der Waals surface area contributed by atoms with Gasteiger partial charge < -0.3 is 19.7 Å². The maximum absolute atomic E-state index is 13.6. The van der Waals surface area contributed by atoms with E-state index in [1.165, 1.54) is 54.1 Å². The number of ether oxygens (including phenoxy) is 2. The molecule has 8 aromatic rings. The predicted octanol–water partition coefficient (Wildman–Crippen LogP) is 6.86. The van der Waals surface area contributed by atoms with Crippen molar-refractivity contribution in [3.05, 3.63) is 172 Å². The highest BCUT2D eigenvalue weighted by Crippen LogP contribution is 2.37. The lowest BCUT2D eigenvalue weighted by atomic mass is 9.99. The van der Waals surface area contributed by atoms with Crippen LogP contribution in [0.2, 0.25) is 0 Å². The average Bonchev–Trinajstić information content (AvgIpc) is 3.35. The van der Waals surface area contributed by atoms with Crippen molar-refractivity contribution in [2.75, 3.05) is 6.61 Å². The Balaban J connectivity index is 0.000000214. The topological polar surface area (TPSA) is 224 Å². The van der Waals surface area contributed by atoms with Crippen LogP contribution in [0, 0.1) is 13.8 Å². The molecule has 0 saturated heterocycles. The van der Waals surface area contributed by atoms with E-state index < -0.39 is 52.3 Å². The third-order valence-corrected chi connectivity index (χ3v) is 11.4. The van der Waals surface area contributed by atoms with Crippen LogP contribution in [0.4, 0.5) is 26.3 Å². The molecule has 8 heterocycles. The fourth-order valence-electron chi connectivity index (χ4n) is 7.73. The Morgan fingerprint density at radius 2 is 1.14 bits per heavy atom. The van der Waals surface area contributed by atoms with Crippen LogP contribution in [0.3, 0.4) is 0 Å². The van der Waals surface area contributed by atoms with Gasteiger partial charge in [-0.05, 0) is 67.6 Å². The summed E-state index contributed by atoms with van der Waals surface area (Å²) in [5.74, 6) is 0.814. The first kappa shape index (κ1) is 52.7. The van der Waals surface area contributed by atoms with E-state index in [4.69, 9.17) is 9.47 Å². The maximum atomic E-state index is 13.6. The minimum Gasteiger partial charge on any atom is -0.454 e. The van der Waals surface area contributed by atoms with Gasteiger partial charge in [-0.15, -0.1) is 0 Å². The lowest BCUT2D eigenvalue weighted by molar-refractivity contribution is -0.142. The molecule has 0 aliphatic rings. The van der Waals surface area contributed by atoms with Crippen LogP contribution in [0.25, 0.3) is 22.1 Å². The monoisotopic (exact) mass is 1020 g/mol. The molecule has 8 rings (SSSR count). The van der Waals surface area contributed by atoms with Crippen LogP contribution in [-0.4, -0.2) is 65.0 Å². The Hall–Kier alpha value is -8.12. The standard InChI is InChI=1S/C25H24F3N5O4.C24H22F3N5O4/c1-4-5-8-33-23(35)20-19(21(34)15-6-7-18(30-11-15)25(26,27)28)17(13-31-22(20)32(3)24(33)36)37-16-9-14(2)10-29-12-16;1-14-8-16(12-28-10-14)36-18-13-30-21-20(22(34)32(6-3-7-33)23(35)31(21)2)17(18)9-15-4-5-19(29-11-15)24(25,26)27/h6-7,9-13,21,34H,4-5,8H2,1-3H3;4-5,8,10-13,33H,3,6-7,9H2,1-2H3. The number of aryl methyl sites for hydroxylation is 4. The minimum absolute atomic E-state index is 0.00798. The second kappa shape index (κ2) is 21.7. The molecule has 2 N–H and O–H groups in total. The number of unbranched alkanes of at least 4 members (excludes halogenated alkanes) is 1. The van der Waals surface area contributed by atoms with E-state index in [1.54, 1.807) is 31.5 Å². The van der Waals surface area contributed by atoms with Gasteiger partial charge in [-0.3, -0.25) is 47.8 Å². The van der Waals surface area contributed by atoms with Gasteiger partial charge >= 0.3 is 23.7 Å². The quantitative estimate of drug-likeness (QED) is 0.106. The molecule has 0 radical (unpaired) electrons. The van der Waals surface area contributed by atoms with E-state index >= 15 is 0 Å². The van der Waals surface area contributed by atoms with E-state index in [2.05, 4.69) is 29.9 Å². The number of aromatic nitrogens is 10. The molecule has 18 nitrogen and oxygen atoms in total. The van der Waals surface area contributed by atoms with Crippen LogP contribution >= 0.6 is 0 Å². The lowest BCUT2D eigenvalue weighted by Gasteiger charge is -2.20. The molecule has 0 aliphatic carbocycles. The SMILES string of the molecule is CCCCn1c(=O)c2c(C(O)c3ccc(C(F)(F)F)nc3)c(Oc3cncc(C)c3)cnc2n(C)c1=O.Cc1cncc(Oc2cnc3c(c2Cc2ccc(C(F)(F)F)nc2)c(=O)n(CCCO)c(=O)n3C)c1. The summed E-state index contributed by atoms with van der Waals surface area (Å²) in [6, 6.07) is 7.34. The van der Waals surface area contributed by atoms with E-state index in [0.29, 0.717) is 23.3 Å². The molecule has 1 unspecified atom stereocenters. The van der Waals surface area contributed by atoms with Crippen molar-refractivity contribution in [2.24, 2.45) is 14.1 Å². The van der Waals surface area contributed by atoms with Crippen molar-refractivity contribution in [2.45, 2.75) is 78.0 Å². The molecule has 0 aliphatic heterocycles. The number of aliphatic hydroxyl groups is 2. The van der Waals surface area contributed by atoms with Gasteiger partial charge in [0.2, 0.25) is 0 Å². The number of rotatable bonds is 14. The Bertz CT molecular complexity index is 3560. The van der Waals surface area contributed by atoms with E-state index in [-0.39, 0.29) is 83.0 Å². The van der Waals surface area contributed by atoms with Crippen molar-refractivity contribution >= 4 is 22.1 Å². The normalized spacial score (nSPS) is 12.2. The molecule has 0 amide bonds. The number of alkyl halides is 6. The van der Waals surface area contributed by atoms with Gasteiger partial charge in [-0.1, -0.05) is 25.5 Å². The summed E-state index contributed by atoms with van der Waals surface area (Å²) in [6.45, 7) is 5.42. The largest absolute Gasteiger partial charge is 0.454 e. The predicted molar refractivity (Wildman–Crippen MR) is 253 cm³/mol. The van der Waals surface area contributed by atoms with Crippen molar-refractivity contribution in [3.8, 4) is 23.0 Å². The molecule has 0 spiro atoms. The molecular weight excluding hydrogens is 971 g/mol. The van der Waals surface area contributed by atoms with Crippen molar-refractivity contribution in [1.29, 1.82) is 0 Å². The van der Waals surface area contributed by atoms with Gasteiger partial charge in [0.05, 0.1) is 35.6 Å². The smallest absolute Gasteiger partial charge is 0.433 e. The van der Waals surface area contributed by atoms with Crippen LogP contribution in [0.15, 0.2) is 105 Å². The minimum atomic E-state index is -4.66. The van der Waals surface area contributed by atoms with Gasteiger partial charge in [-0.25, -0.2) is 19.6 Å². The molecule has 8 aromatic heterocycles. The van der Waals surface area contributed by atoms with E-state index in [9.17, 15) is 55.7 Å². The first-order chi connectivity index (χ1) is 34.6. The summed E-state index contributed by atoms with van der Waals surface area (Å²) < 4.78 is 94.4. The number of nitrogens with zero attached hydrogens (tertiary/aromatic N) is 10. The summed E-state index contributed by atoms with van der Waals surface area (Å²) in [4.78, 5) is 76.3. The Kier molecular flexibility index (Phi) is 15.7. The summed E-state index contributed by atoms with van der Waals surface area (Å²) in [6.07, 6.45) is 1.27. The van der Waals surface area contributed by atoms with Crippen LogP contribution in [-0.2, 0) is 46.0 Å². The van der Waals surface area contributed by atoms with Crippen LogP contribution in [0.5, 0.6) is 23.0 Å². The Morgan fingerprint density at radius 3 is 1.63 bits per heavy atom. The fourth-order valence-corrected chi connectivity index (χ4v) is 7.73. The third-order valence-electron chi connectivity index (χ3n) is 11.4. The average molecular weight is 1020 g/mol. The zero-order chi connectivity index (χ0) is 52.9. The summed E-state index contributed by atoms with van der Waals surface area (Å²) in [5.41, 5.74) is -2.36. The lowest BCUT2D eigenvalue weighted by Crippen LogP contribution is -2.40. The molecule has 0 fully saturated rings. The van der Waals surface area contributed by atoms with E-state index in [1.807, 2.05) is 13.8 Å². The molecule has 0 saturated carbocycles. The first-order valence-corrected chi connectivity index (χ1v) is 22.4. The molecule has 24 heteroatoms. The molecule has 73 heavy (non-hydrogen) atoms. The van der Waals surface area contributed by atoms with E-state index in [0.717, 1.165) is 57.3 Å². The molecule has 1 atom stereocenters. The van der Waals surface area contributed by atoms with Gasteiger partial charge in [-0.2, -0.15) is 26.3 Å². The third kappa shape index (κ3) is 11.5. The highest BCUT2D eigenvalue weighted by Gasteiger charge is 2.34. The zero-order valence-electron chi connectivity index (χ0n) is 39.7. The maximum Gasteiger partial charge on any atom is 0.433 e. The molecule has 382 valence electrons. The van der Waals surface area contributed by atoms with Crippen molar-refractivity contribution < 1.29 is 46.0 Å².